The molecule has 5 unspecified atom stereocenters. The van der Waals surface area contributed by atoms with E-state index in [-0.39, 0.29) is 19.3 Å². The highest BCUT2D eigenvalue weighted by molar-refractivity contribution is 5.94. The lowest BCUT2D eigenvalue weighted by atomic mass is 10.0. The first-order valence-electron chi connectivity index (χ1n) is 11.2. The number of carboxylic acids is 2. The summed E-state index contributed by atoms with van der Waals surface area (Å²) >= 11 is 0. The van der Waals surface area contributed by atoms with E-state index in [0.717, 1.165) is 0 Å². The first-order valence-corrected chi connectivity index (χ1v) is 11.2. The number of aliphatic hydroxyl groups is 1. The molecule has 0 aliphatic heterocycles. The summed E-state index contributed by atoms with van der Waals surface area (Å²) in [5.74, 6) is -5.30. The van der Waals surface area contributed by atoms with Crippen molar-refractivity contribution in [3.63, 3.8) is 0 Å². The topological polar surface area (TPSA) is 208 Å². The number of rotatable bonds is 14. The van der Waals surface area contributed by atoms with Gasteiger partial charge in [0, 0.05) is 12.8 Å². The Bertz CT molecular complexity index is 891. The first kappa shape index (κ1) is 29.5. The molecule has 12 heteroatoms. The molecule has 12 nitrogen and oxygen atoms in total. The largest absolute Gasteiger partial charge is 0.481 e. The quantitative estimate of drug-likeness (QED) is 0.169. The van der Waals surface area contributed by atoms with E-state index < -0.39 is 65.8 Å². The maximum atomic E-state index is 13.0. The summed E-state index contributed by atoms with van der Waals surface area (Å²) in [6.45, 7) is 4.49. The molecule has 3 amide bonds. The summed E-state index contributed by atoms with van der Waals surface area (Å²) in [5, 5.41) is 35.4. The van der Waals surface area contributed by atoms with Crippen molar-refractivity contribution in [1.29, 1.82) is 0 Å². The van der Waals surface area contributed by atoms with Gasteiger partial charge in [0.1, 0.15) is 18.1 Å². The van der Waals surface area contributed by atoms with Crippen LogP contribution in [0.4, 0.5) is 0 Å². The first-order chi connectivity index (χ1) is 16.3. The van der Waals surface area contributed by atoms with Crippen LogP contribution < -0.4 is 21.7 Å². The number of hydrogen-bond acceptors (Lipinski definition) is 7. The zero-order valence-electron chi connectivity index (χ0n) is 19.9. The highest BCUT2D eigenvalue weighted by Crippen LogP contribution is 2.08. The predicted octanol–water partition coefficient (Wildman–Crippen LogP) is -1.00. The number of hydrogen-bond donors (Lipinski definition) is 7. The molecule has 0 aliphatic carbocycles. The van der Waals surface area contributed by atoms with Gasteiger partial charge >= 0.3 is 11.9 Å². The molecule has 0 radical (unpaired) electrons. The number of aliphatic hydroxyl groups excluding tert-OH is 1. The van der Waals surface area contributed by atoms with Gasteiger partial charge in [-0.3, -0.25) is 19.2 Å². The van der Waals surface area contributed by atoms with Crippen LogP contribution in [0.1, 0.15) is 39.2 Å². The van der Waals surface area contributed by atoms with E-state index in [0.29, 0.717) is 5.56 Å². The van der Waals surface area contributed by atoms with Gasteiger partial charge in [-0.15, -0.1) is 0 Å². The van der Waals surface area contributed by atoms with Crippen molar-refractivity contribution >= 4 is 29.7 Å². The summed E-state index contributed by atoms with van der Waals surface area (Å²) in [4.78, 5) is 60.4. The minimum Gasteiger partial charge on any atom is -0.481 e. The Hall–Kier alpha value is -3.51. The van der Waals surface area contributed by atoms with Crippen LogP contribution in [0.3, 0.4) is 0 Å². The Morgan fingerprint density at radius 2 is 1.43 bits per heavy atom. The smallest absolute Gasteiger partial charge is 0.326 e. The van der Waals surface area contributed by atoms with Gasteiger partial charge in [0.15, 0.2) is 0 Å². The fraction of sp³-hybridized carbons (Fsp3) is 0.522. The van der Waals surface area contributed by atoms with Crippen molar-refractivity contribution in [1.82, 2.24) is 16.0 Å². The number of nitrogens with two attached hydrogens (primary N) is 1. The normalized spacial score (nSPS) is 15.3. The van der Waals surface area contributed by atoms with Crippen molar-refractivity contribution < 1.29 is 39.3 Å². The lowest BCUT2D eigenvalue weighted by molar-refractivity contribution is -0.143. The van der Waals surface area contributed by atoms with Crippen molar-refractivity contribution in [2.75, 3.05) is 0 Å². The lowest BCUT2D eigenvalue weighted by Gasteiger charge is -2.27. The maximum absolute atomic E-state index is 13.0. The fourth-order valence-electron chi connectivity index (χ4n) is 3.16. The van der Waals surface area contributed by atoms with Crippen LogP contribution in [0.25, 0.3) is 0 Å². The van der Waals surface area contributed by atoms with E-state index in [2.05, 4.69) is 16.0 Å². The van der Waals surface area contributed by atoms with E-state index in [1.807, 2.05) is 0 Å². The van der Waals surface area contributed by atoms with Crippen molar-refractivity contribution in [3.8, 4) is 0 Å². The van der Waals surface area contributed by atoms with Gasteiger partial charge in [0.25, 0.3) is 0 Å². The van der Waals surface area contributed by atoms with Gasteiger partial charge in [-0.25, -0.2) is 4.79 Å². The van der Waals surface area contributed by atoms with Crippen LogP contribution in [-0.4, -0.2) is 75.3 Å². The van der Waals surface area contributed by atoms with Crippen molar-refractivity contribution in [3.05, 3.63) is 35.9 Å². The second-order valence-corrected chi connectivity index (χ2v) is 8.59. The standard InChI is InChI=1S/C23H34N4O8/c1-12(2)18(23(34)35)26-21(32)16(11-14-7-5-4-6-8-14)25-22(33)19(13(3)28)27-20(31)15(24)9-10-17(29)30/h4-8,12-13,15-16,18-19,28H,9-11,24H2,1-3H3,(H,25,33)(H,26,32)(H,27,31)(H,29,30)(H,34,35). The summed E-state index contributed by atoms with van der Waals surface area (Å²) < 4.78 is 0. The second-order valence-electron chi connectivity index (χ2n) is 8.59. The van der Waals surface area contributed by atoms with Gasteiger partial charge in [0.05, 0.1) is 12.1 Å². The number of aliphatic carboxylic acids is 2. The zero-order valence-corrected chi connectivity index (χ0v) is 19.9. The molecule has 0 spiro atoms. The van der Waals surface area contributed by atoms with Crippen molar-refractivity contribution in [2.45, 2.75) is 70.3 Å². The summed E-state index contributed by atoms with van der Waals surface area (Å²) in [5.41, 5.74) is 6.35. The minimum atomic E-state index is -1.50. The lowest BCUT2D eigenvalue weighted by Crippen LogP contribution is -2.60. The predicted molar refractivity (Wildman–Crippen MR) is 125 cm³/mol. The zero-order chi connectivity index (χ0) is 26.7. The number of benzene rings is 1. The molecule has 5 atom stereocenters. The van der Waals surface area contributed by atoms with Gasteiger partial charge in [-0.2, -0.15) is 0 Å². The molecule has 8 N–H and O–H groups in total. The van der Waals surface area contributed by atoms with E-state index in [1.165, 1.54) is 6.92 Å². The highest BCUT2D eigenvalue weighted by Gasteiger charge is 2.33. The number of carboxylic acid groups (broad SMARTS) is 2. The molecule has 0 fully saturated rings. The highest BCUT2D eigenvalue weighted by atomic mass is 16.4. The number of carbonyl (C=O) groups is 5. The third-order valence-electron chi connectivity index (χ3n) is 5.21. The summed E-state index contributed by atoms with van der Waals surface area (Å²) in [6.07, 6.45) is -1.91. The molecular weight excluding hydrogens is 460 g/mol. The van der Waals surface area contributed by atoms with E-state index >= 15 is 0 Å². The average molecular weight is 495 g/mol. The summed E-state index contributed by atoms with van der Waals surface area (Å²) in [7, 11) is 0. The summed E-state index contributed by atoms with van der Waals surface area (Å²) in [6, 6.07) is 3.54. The van der Waals surface area contributed by atoms with Gasteiger partial charge in [-0.1, -0.05) is 44.2 Å². The van der Waals surface area contributed by atoms with E-state index in [9.17, 15) is 34.2 Å². The van der Waals surface area contributed by atoms with Crippen LogP contribution in [-0.2, 0) is 30.4 Å². The third kappa shape index (κ3) is 10.1. The number of amides is 3. The van der Waals surface area contributed by atoms with Crippen LogP contribution in [0, 0.1) is 5.92 Å². The Balaban J connectivity index is 3.05. The SMILES string of the molecule is CC(C)C(NC(=O)C(Cc1ccccc1)NC(=O)C(NC(=O)C(N)CCC(=O)O)C(C)O)C(=O)O. The third-order valence-corrected chi connectivity index (χ3v) is 5.21. The molecule has 1 aromatic carbocycles. The molecule has 0 aromatic heterocycles. The Kier molecular flexibility index (Phi) is 11.8. The van der Waals surface area contributed by atoms with Crippen LogP contribution in [0.15, 0.2) is 30.3 Å². The van der Waals surface area contributed by atoms with E-state index in [1.54, 1.807) is 44.2 Å². The minimum absolute atomic E-state index is 0.0153. The Labute approximate surface area is 203 Å². The van der Waals surface area contributed by atoms with Gasteiger partial charge in [-0.05, 0) is 24.8 Å². The Morgan fingerprint density at radius 3 is 1.91 bits per heavy atom. The molecule has 0 heterocycles. The molecule has 1 aromatic rings. The van der Waals surface area contributed by atoms with Gasteiger partial charge in [0.2, 0.25) is 17.7 Å². The Morgan fingerprint density at radius 1 is 0.857 bits per heavy atom. The molecule has 35 heavy (non-hydrogen) atoms. The number of nitrogens with one attached hydrogen (secondary N) is 3. The van der Waals surface area contributed by atoms with E-state index in [4.69, 9.17) is 10.8 Å². The molecule has 0 aliphatic rings. The maximum Gasteiger partial charge on any atom is 0.326 e. The molecule has 1 rings (SSSR count). The molecule has 0 bridgehead atoms. The molecule has 194 valence electrons. The van der Waals surface area contributed by atoms with Crippen molar-refractivity contribution in [2.24, 2.45) is 11.7 Å². The van der Waals surface area contributed by atoms with Crippen LogP contribution >= 0.6 is 0 Å². The monoisotopic (exact) mass is 494 g/mol. The molecular formula is C23H34N4O8. The number of carbonyl (C=O) groups excluding carboxylic acids is 3. The van der Waals surface area contributed by atoms with Gasteiger partial charge < -0.3 is 37.0 Å². The van der Waals surface area contributed by atoms with Crippen LogP contribution in [0.2, 0.25) is 0 Å². The molecule has 0 saturated carbocycles. The second kappa shape index (κ2) is 14.0. The average Bonchev–Trinajstić information content (AvgIpc) is 2.78. The fourth-order valence-corrected chi connectivity index (χ4v) is 3.16. The van der Waals surface area contributed by atoms with Crippen LogP contribution in [0.5, 0.6) is 0 Å². The molecule has 0 saturated heterocycles.